The summed E-state index contributed by atoms with van der Waals surface area (Å²) in [5.41, 5.74) is 1.80. The van der Waals surface area contributed by atoms with Crippen LogP contribution in [0.15, 0.2) is 53.4 Å². The lowest BCUT2D eigenvalue weighted by atomic mass is 10.0. The van der Waals surface area contributed by atoms with E-state index in [0.717, 1.165) is 24.8 Å². The molecule has 0 saturated carbocycles. The van der Waals surface area contributed by atoms with Crippen LogP contribution in [0.4, 0.5) is 5.69 Å². The van der Waals surface area contributed by atoms with E-state index in [1.807, 2.05) is 31.2 Å². The van der Waals surface area contributed by atoms with Gasteiger partial charge in [-0.2, -0.15) is 4.31 Å². The lowest BCUT2D eigenvalue weighted by molar-refractivity contribution is -0.120. The van der Waals surface area contributed by atoms with E-state index in [0.29, 0.717) is 23.7 Å². The highest BCUT2D eigenvalue weighted by atomic mass is 35.5. The van der Waals surface area contributed by atoms with Gasteiger partial charge >= 0.3 is 0 Å². The fraction of sp³-hybridized carbons (Fsp3) is 0.350. The fourth-order valence-corrected chi connectivity index (χ4v) is 5.07. The first-order valence-corrected chi connectivity index (χ1v) is 10.9. The molecule has 1 heterocycles. The molecule has 1 fully saturated rings. The summed E-state index contributed by atoms with van der Waals surface area (Å²) >= 11 is 5.87. The number of aryl methyl sites for hydroxylation is 1. The number of halogens is 1. The molecule has 1 saturated heterocycles. The zero-order chi connectivity index (χ0) is 19.4. The Kier molecular flexibility index (Phi) is 6.19. The Morgan fingerprint density at radius 3 is 2.63 bits per heavy atom. The van der Waals surface area contributed by atoms with E-state index >= 15 is 0 Å². The van der Waals surface area contributed by atoms with E-state index in [-0.39, 0.29) is 10.8 Å². The monoisotopic (exact) mass is 406 g/mol. The van der Waals surface area contributed by atoms with Crippen LogP contribution >= 0.6 is 11.6 Å². The molecule has 7 heteroatoms. The summed E-state index contributed by atoms with van der Waals surface area (Å²) in [5.74, 6) is -0.291. The SMILES string of the molecule is CCc1cccc(NC(=O)[C@@H]2CCCCN2S(=O)(=O)c2ccc(Cl)cc2)c1. The number of nitrogens with one attached hydrogen (secondary N) is 1. The van der Waals surface area contributed by atoms with E-state index in [1.165, 1.54) is 16.4 Å². The third-order valence-corrected chi connectivity index (χ3v) is 6.95. The number of nitrogens with zero attached hydrogens (tertiary/aromatic N) is 1. The Morgan fingerprint density at radius 2 is 1.93 bits per heavy atom. The molecule has 1 amide bonds. The number of amides is 1. The highest BCUT2D eigenvalue weighted by Gasteiger charge is 2.37. The number of piperidine rings is 1. The predicted molar refractivity (Wildman–Crippen MR) is 107 cm³/mol. The molecule has 0 spiro atoms. The van der Waals surface area contributed by atoms with Crippen molar-refractivity contribution in [2.45, 2.75) is 43.5 Å². The second-order valence-electron chi connectivity index (χ2n) is 6.62. The third-order valence-electron chi connectivity index (χ3n) is 4.78. The van der Waals surface area contributed by atoms with Crippen molar-refractivity contribution >= 4 is 33.2 Å². The molecule has 5 nitrogen and oxygen atoms in total. The van der Waals surface area contributed by atoms with Crippen molar-refractivity contribution in [2.24, 2.45) is 0 Å². The van der Waals surface area contributed by atoms with Crippen molar-refractivity contribution in [2.75, 3.05) is 11.9 Å². The zero-order valence-corrected chi connectivity index (χ0v) is 16.8. The number of carbonyl (C=O) groups excluding carboxylic acids is 1. The highest BCUT2D eigenvalue weighted by molar-refractivity contribution is 7.89. The first kappa shape index (κ1) is 19.9. The second kappa shape index (κ2) is 8.42. The smallest absolute Gasteiger partial charge is 0.243 e. The molecule has 0 aliphatic carbocycles. The van der Waals surface area contributed by atoms with E-state index < -0.39 is 16.1 Å². The van der Waals surface area contributed by atoms with Crippen LogP contribution in [-0.2, 0) is 21.2 Å². The van der Waals surface area contributed by atoms with Gasteiger partial charge in [-0.3, -0.25) is 4.79 Å². The molecule has 0 aromatic heterocycles. The Bertz CT molecular complexity index is 913. The molecule has 2 aromatic rings. The van der Waals surface area contributed by atoms with Gasteiger partial charge in [0, 0.05) is 17.3 Å². The maximum absolute atomic E-state index is 13.1. The van der Waals surface area contributed by atoms with Gasteiger partial charge < -0.3 is 5.32 Å². The Hall–Kier alpha value is -1.89. The normalized spacial score (nSPS) is 18.2. The molecule has 27 heavy (non-hydrogen) atoms. The summed E-state index contributed by atoms with van der Waals surface area (Å²) in [7, 11) is -3.76. The molecule has 1 aliphatic rings. The number of rotatable bonds is 5. The molecule has 0 radical (unpaired) electrons. The summed E-state index contributed by atoms with van der Waals surface area (Å²) in [4.78, 5) is 13.0. The third kappa shape index (κ3) is 4.51. The van der Waals surface area contributed by atoms with Crippen LogP contribution in [0, 0.1) is 0 Å². The molecule has 1 aliphatic heterocycles. The minimum Gasteiger partial charge on any atom is -0.325 e. The Balaban J connectivity index is 1.84. The maximum atomic E-state index is 13.1. The summed E-state index contributed by atoms with van der Waals surface area (Å²) in [6.07, 6.45) is 2.93. The number of carbonyl (C=O) groups is 1. The van der Waals surface area contributed by atoms with Gasteiger partial charge in [0.05, 0.1) is 4.90 Å². The Morgan fingerprint density at radius 1 is 1.19 bits per heavy atom. The average Bonchev–Trinajstić information content (AvgIpc) is 2.68. The number of hydrogen-bond donors (Lipinski definition) is 1. The van der Waals surface area contributed by atoms with Crippen LogP contribution in [0.25, 0.3) is 0 Å². The highest BCUT2D eigenvalue weighted by Crippen LogP contribution is 2.27. The summed E-state index contributed by atoms with van der Waals surface area (Å²) in [6, 6.07) is 12.9. The van der Waals surface area contributed by atoms with E-state index in [1.54, 1.807) is 12.1 Å². The van der Waals surface area contributed by atoms with Gasteiger partial charge in [0.1, 0.15) is 6.04 Å². The topological polar surface area (TPSA) is 66.5 Å². The average molecular weight is 407 g/mol. The van der Waals surface area contributed by atoms with Gasteiger partial charge in [0.2, 0.25) is 15.9 Å². The first-order chi connectivity index (χ1) is 12.9. The Labute approximate surface area is 165 Å². The number of sulfonamides is 1. The molecule has 144 valence electrons. The van der Waals surface area contributed by atoms with E-state index in [4.69, 9.17) is 11.6 Å². The van der Waals surface area contributed by atoms with Gasteiger partial charge in [-0.05, 0) is 61.2 Å². The molecular formula is C20H23ClN2O3S. The molecule has 1 atom stereocenters. The van der Waals surface area contributed by atoms with Crippen molar-refractivity contribution in [3.05, 3.63) is 59.1 Å². The summed E-state index contributed by atoms with van der Waals surface area (Å²) in [5, 5.41) is 3.35. The van der Waals surface area contributed by atoms with Crippen molar-refractivity contribution in [1.82, 2.24) is 4.31 Å². The number of hydrogen-bond acceptors (Lipinski definition) is 3. The summed E-state index contributed by atoms with van der Waals surface area (Å²) in [6.45, 7) is 2.38. The minimum atomic E-state index is -3.76. The number of anilines is 1. The van der Waals surface area contributed by atoms with Crippen LogP contribution in [0.3, 0.4) is 0 Å². The van der Waals surface area contributed by atoms with Crippen LogP contribution in [0.1, 0.15) is 31.7 Å². The fourth-order valence-electron chi connectivity index (χ4n) is 3.29. The second-order valence-corrected chi connectivity index (χ2v) is 8.95. The lowest BCUT2D eigenvalue weighted by Gasteiger charge is -2.33. The maximum Gasteiger partial charge on any atom is 0.243 e. The van der Waals surface area contributed by atoms with Gasteiger partial charge in [0.25, 0.3) is 0 Å². The van der Waals surface area contributed by atoms with Crippen LogP contribution in [0.5, 0.6) is 0 Å². The zero-order valence-electron chi connectivity index (χ0n) is 15.2. The lowest BCUT2D eigenvalue weighted by Crippen LogP contribution is -2.49. The largest absolute Gasteiger partial charge is 0.325 e. The van der Waals surface area contributed by atoms with Crippen LogP contribution in [0.2, 0.25) is 5.02 Å². The van der Waals surface area contributed by atoms with Gasteiger partial charge in [-0.1, -0.05) is 37.1 Å². The molecular weight excluding hydrogens is 384 g/mol. The summed E-state index contributed by atoms with van der Waals surface area (Å²) < 4.78 is 27.5. The predicted octanol–water partition coefficient (Wildman–Crippen LogP) is 4.08. The van der Waals surface area contributed by atoms with E-state index in [9.17, 15) is 13.2 Å². The minimum absolute atomic E-state index is 0.152. The van der Waals surface area contributed by atoms with Crippen molar-refractivity contribution < 1.29 is 13.2 Å². The molecule has 0 bridgehead atoms. The number of benzene rings is 2. The van der Waals surface area contributed by atoms with Crippen LogP contribution < -0.4 is 5.32 Å². The van der Waals surface area contributed by atoms with Crippen molar-refractivity contribution in [1.29, 1.82) is 0 Å². The van der Waals surface area contributed by atoms with Gasteiger partial charge in [0.15, 0.2) is 0 Å². The molecule has 1 N–H and O–H groups in total. The molecule has 2 aromatic carbocycles. The standard InChI is InChI=1S/C20H23ClN2O3S/c1-2-15-6-5-7-17(14-15)22-20(24)19-8-3-4-13-23(19)27(25,26)18-11-9-16(21)10-12-18/h5-7,9-12,14,19H,2-4,8,13H2,1H3,(H,22,24)/t19-/m0/s1. The van der Waals surface area contributed by atoms with Crippen LogP contribution in [-0.4, -0.2) is 31.2 Å². The molecule has 3 rings (SSSR count). The quantitative estimate of drug-likeness (QED) is 0.813. The molecule has 0 unspecified atom stereocenters. The first-order valence-electron chi connectivity index (χ1n) is 9.09. The van der Waals surface area contributed by atoms with Crippen molar-refractivity contribution in [3.8, 4) is 0 Å². The van der Waals surface area contributed by atoms with E-state index in [2.05, 4.69) is 5.32 Å². The van der Waals surface area contributed by atoms with Gasteiger partial charge in [-0.15, -0.1) is 0 Å². The van der Waals surface area contributed by atoms with Gasteiger partial charge in [-0.25, -0.2) is 8.42 Å². The van der Waals surface area contributed by atoms with Crippen molar-refractivity contribution in [3.63, 3.8) is 0 Å².